The molecule has 0 aromatic heterocycles. The zero-order valence-electron chi connectivity index (χ0n) is 4.71. The second-order valence-electron chi connectivity index (χ2n) is 1.65. The van der Waals surface area contributed by atoms with Gasteiger partial charge in [-0.2, -0.15) is 0 Å². The van der Waals surface area contributed by atoms with E-state index in [-0.39, 0.29) is 5.46 Å². The molecule has 0 amide bonds. The molecule has 0 aliphatic carbocycles. The van der Waals surface area contributed by atoms with Gasteiger partial charge in [-0.15, -0.1) is 0 Å². The molecule has 0 saturated carbocycles. The number of hydrogen-bond acceptors (Lipinski definition) is 1. The molecule has 0 spiro atoms. The molecule has 3 heteroatoms. The zero-order chi connectivity index (χ0) is 6.69. The zero-order valence-corrected chi connectivity index (χ0v) is 4.71. The van der Waals surface area contributed by atoms with Gasteiger partial charge in [0.1, 0.15) is 5.82 Å². The smallest absolute Gasteiger partial charge is 0.329 e. The van der Waals surface area contributed by atoms with E-state index in [0.717, 1.165) is 7.48 Å². The first kappa shape index (κ1) is 6.30. The van der Waals surface area contributed by atoms with Gasteiger partial charge in [0.2, 0.25) is 0 Å². The summed E-state index contributed by atoms with van der Waals surface area (Å²) in [5.74, 6) is -0.403. The molecule has 1 radical (unpaired) electrons. The van der Waals surface area contributed by atoms with Crippen molar-refractivity contribution in [1.82, 2.24) is 0 Å². The van der Waals surface area contributed by atoms with Crippen molar-refractivity contribution in [2.24, 2.45) is 0 Å². The topological polar surface area (TPSA) is 20.2 Å². The molecule has 45 valence electrons. The van der Waals surface area contributed by atoms with Crippen molar-refractivity contribution >= 4 is 12.9 Å². The fraction of sp³-hybridized carbons (Fsp3) is 0. The molecule has 0 aliphatic heterocycles. The van der Waals surface area contributed by atoms with Gasteiger partial charge < -0.3 is 5.02 Å². The van der Waals surface area contributed by atoms with E-state index < -0.39 is 5.82 Å². The van der Waals surface area contributed by atoms with Crippen LogP contribution in [0.4, 0.5) is 4.39 Å². The van der Waals surface area contributed by atoms with E-state index in [9.17, 15) is 4.39 Å². The highest BCUT2D eigenvalue weighted by atomic mass is 19.1. The van der Waals surface area contributed by atoms with Crippen LogP contribution in [0.5, 0.6) is 0 Å². The largest absolute Gasteiger partial charge is 0.450 e. The lowest BCUT2D eigenvalue weighted by atomic mass is 9.88. The highest BCUT2D eigenvalue weighted by molar-refractivity contribution is 6.45. The van der Waals surface area contributed by atoms with Gasteiger partial charge in [0, 0.05) is 0 Å². The first-order chi connectivity index (χ1) is 4.34. The van der Waals surface area contributed by atoms with Gasteiger partial charge in [0.15, 0.2) is 0 Å². The van der Waals surface area contributed by atoms with Crippen LogP contribution in [0, 0.1) is 5.82 Å². The molecule has 0 bridgehead atoms. The van der Waals surface area contributed by atoms with E-state index in [2.05, 4.69) is 0 Å². The summed E-state index contributed by atoms with van der Waals surface area (Å²) >= 11 is 0. The van der Waals surface area contributed by atoms with Crippen molar-refractivity contribution in [2.45, 2.75) is 0 Å². The minimum atomic E-state index is -0.403. The number of halogens is 1. The van der Waals surface area contributed by atoms with E-state index in [1.165, 1.54) is 12.1 Å². The van der Waals surface area contributed by atoms with E-state index in [1.807, 2.05) is 0 Å². The van der Waals surface area contributed by atoms with Crippen LogP contribution in [0.3, 0.4) is 0 Å². The summed E-state index contributed by atoms with van der Waals surface area (Å²) in [5.41, 5.74) is 0.220. The molecule has 0 atom stereocenters. The maximum Gasteiger partial charge on any atom is 0.329 e. The monoisotopic (exact) mass is 123 g/mol. The molecule has 1 rings (SSSR count). The van der Waals surface area contributed by atoms with Gasteiger partial charge in [0.05, 0.1) is 0 Å². The standard InChI is InChI=1S/C6H5BFO/c8-6-4-2-1-3-5(6)7-9/h1-4,9H. The summed E-state index contributed by atoms with van der Waals surface area (Å²) in [6.07, 6.45) is 0. The van der Waals surface area contributed by atoms with Crippen LogP contribution in [0.2, 0.25) is 0 Å². The maximum absolute atomic E-state index is 12.4. The molecule has 0 unspecified atom stereocenters. The molecule has 0 heterocycles. The Morgan fingerprint density at radius 1 is 1.33 bits per heavy atom. The van der Waals surface area contributed by atoms with Crippen LogP contribution in [-0.4, -0.2) is 12.5 Å². The average Bonchev–Trinajstić information content (AvgIpc) is 1.89. The summed E-state index contributed by atoms with van der Waals surface area (Å²) in [4.78, 5) is 0. The van der Waals surface area contributed by atoms with Gasteiger partial charge in [-0.3, -0.25) is 0 Å². The van der Waals surface area contributed by atoms with Crippen LogP contribution in [-0.2, 0) is 0 Å². The van der Waals surface area contributed by atoms with Crippen molar-refractivity contribution in [3.8, 4) is 0 Å². The number of benzene rings is 1. The Hall–Kier alpha value is -0.825. The number of rotatable bonds is 1. The van der Waals surface area contributed by atoms with Crippen molar-refractivity contribution in [3.63, 3.8) is 0 Å². The van der Waals surface area contributed by atoms with E-state index in [0.29, 0.717) is 0 Å². The Kier molecular flexibility index (Phi) is 1.85. The molecule has 1 nitrogen and oxygen atoms in total. The van der Waals surface area contributed by atoms with Gasteiger partial charge in [-0.1, -0.05) is 18.2 Å². The third-order valence-corrected chi connectivity index (χ3v) is 1.04. The molecule has 0 saturated heterocycles. The lowest BCUT2D eigenvalue weighted by molar-refractivity contribution is 0.602. The first-order valence-electron chi connectivity index (χ1n) is 2.56. The Balaban J connectivity index is 3.01. The fourth-order valence-corrected chi connectivity index (χ4v) is 0.580. The molecule has 0 aliphatic rings. The van der Waals surface area contributed by atoms with Crippen LogP contribution < -0.4 is 5.46 Å². The van der Waals surface area contributed by atoms with Crippen LogP contribution in [0.25, 0.3) is 0 Å². The van der Waals surface area contributed by atoms with Crippen molar-refractivity contribution in [2.75, 3.05) is 0 Å². The molecular formula is C6H5BFO. The molecule has 1 aromatic rings. The predicted molar refractivity (Wildman–Crippen MR) is 34.0 cm³/mol. The Labute approximate surface area is 53.4 Å². The first-order valence-corrected chi connectivity index (χ1v) is 2.56. The second-order valence-corrected chi connectivity index (χ2v) is 1.65. The van der Waals surface area contributed by atoms with Gasteiger partial charge in [0.25, 0.3) is 0 Å². The molecular weight excluding hydrogens is 118 g/mol. The van der Waals surface area contributed by atoms with Gasteiger partial charge in [-0.05, 0) is 11.5 Å². The third-order valence-electron chi connectivity index (χ3n) is 1.04. The van der Waals surface area contributed by atoms with Crippen LogP contribution in [0.1, 0.15) is 0 Å². The van der Waals surface area contributed by atoms with E-state index >= 15 is 0 Å². The summed E-state index contributed by atoms with van der Waals surface area (Å²) in [5, 5.41) is 8.35. The minimum absolute atomic E-state index is 0.220. The number of hydrogen-bond donors (Lipinski definition) is 1. The van der Waals surface area contributed by atoms with Crippen molar-refractivity contribution in [1.29, 1.82) is 0 Å². The fourth-order valence-electron chi connectivity index (χ4n) is 0.580. The summed E-state index contributed by atoms with van der Waals surface area (Å²) < 4.78 is 12.4. The van der Waals surface area contributed by atoms with Crippen LogP contribution in [0.15, 0.2) is 24.3 Å². The van der Waals surface area contributed by atoms with E-state index in [1.54, 1.807) is 12.1 Å². The predicted octanol–water partition coefficient (Wildman–Crippen LogP) is 0.0625. The Bertz CT molecular complexity index is 202. The summed E-state index contributed by atoms with van der Waals surface area (Å²) in [7, 11) is 0.745. The molecule has 9 heavy (non-hydrogen) atoms. The normalized spacial score (nSPS) is 9.11. The Morgan fingerprint density at radius 3 is 2.44 bits per heavy atom. The molecule has 1 aromatic carbocycles. The highest BCUT2D eigenvalue weighted by Gasteiger charge is 1.97. The molecule has 1 N–H and O–H groups in total. The van der Waals surface area contributed by atoms with Gasteiger partial charge in [-0.25, -0.2) is 4.39 Å². The summed E-state index contributed by atoms with van der Waals surface area (Å²) in [6, 6.07) is 6.02. The quantitative estimate of drug-likeness (QED) is 0.523. The Morgan fingerprint density at radius 2 is 2.00 bits per heavy atom. The minimum Gasteiger partial charge on any atom is -0.450 e. The second kappa shape index (κ2) is 2.64. The summed E-state index contributed by atoms with van der Waals surface area (Å²) in [6.45, 7) is 0. The highest BCUT2D eigenvalue weighted by Crippen LogP contribution is 1.89. The lowest BCUT2D eigenvalue weighted by Gasteiger charge is -1.92. The third kappa shape index (κ3) is 1.30. The van der Waals surface area contributed by atoms with E-state index in [4.69, 9.17) is 5.02 Å². The SMILES string of the molecule is O[B]c1ccccc1F. The lowest BCUT2D eigenvalue weighted by Crippen LogP contribution is -2.16. The van der Waals surface area contributed by atoms with Crippen molar-refractivity contribution in [3.05, 3.63) is 30.1 Å². The van der Waals surface area contributed by atoms with Crippen LogP contribution >= 0.6 is 0 Å². The molecule has 0 fully saturated rings. The van der Waals surface area contributed by atoms with Gasteiger partial charge >= 0.3 is 7.48 Å². The average molecular weight is 123 g/mol. The maximum atomic E-state index is 12.4. The van der Waals surface area contributed by atoms with Crippen molar-refractivity contribution < 1.29 is 9.41 Å².